The van der Waals surface area contributed by atoms with Crippen LogP contribution < -0.4 is 14.8 Å². The minimum Gasteiger partial charge on any atom is -0.490 e. The van der Waals surface area contributed by atoms with Crippen molar-refractivity contribution in [3.05, 3.63) is 45.1 Å². The predicted molar refractivity (Wildman–Crippen MR) is 89.0 cm³/mol. The topological polar surface area (TPSA) is 43.4 Å². The zero-order chi connectivity index (χ0) is 14.7. The Morgan fingerprint density at radius 3 is 2.81 bits per heavy atom. The van der Waals surface area contributed by atoms with Crippen LogP contribution in [0.4, 0.5) is 5.69 Å². The monoisotopic (exact) mass is 412 g/mol. The van der Waals surface area contributed by atoms with E-state index in [-0.39, 0.29) is 0 Å². The first-order valence-electron chi connectivity index (χ1n) is 6.66. The summed E-state index contributed by atoms with van der Waals surface area (Å²) < 4.78 is 13.2. The van der Waals surface area contributed by atoms with Crippen LogP contribution in [0.1, 0.15) is 12.0 Å². The summed E-state index contributed by atoms with van der Waals surface area (Å²) in [5.41, 5.74) is 2.09. The average molecular weight is 414 g/mol. The van der Waals surface area contributed by atoms with Crippen molar-refractivity contribution in [2.45, 2.75) is 13.0 Å². The Hall–Kier alpha value is -1.27. The van der Waals surface area contributed by atoms with E-state index in [0.717, 1.165) is 38.2 Å². The zero-order valence-electron chi connectivity index (χ0n) is 11.2. The summed E-state index contributed by atoms with van der Waals surface area (Å²) in [6.07, 6.45) is 2.70. The zero-order valence-corrected chi connectivity index (χ0v) is 14.4. The molecule has 1 N–H and O–H groups in total. The lowest BCUT2D eigenvalue weighted by Crippen LogP contribution is -2.01. The molecule has 0 aliphatic carbocycles. The quantitative estimate of drug-likeness (QED) is 0.758. The summed E-state index contributed by atoms with van der Waals surface area (Å²) in [5.74, 6) is 1.59. The Bertz CT molecular complexity index is 632. The average Bonchev–Trinajstić information content (AvgIpc) is 2.72. The van der Waals surface area contributed by atoms with Gasteiger partial charge in [0.25, 0.3) is 0 Å². The minimum atomic E-state index is 0.687. The fourth-order valence-electron chi connectivity index (χ4n) is 2.07. The molecular formula is C15H14Br2N2O2. The molecule has 3 rings (SSSR count). The van der Waals surface area contributed by atoms with E-state index in [1.165, 1.54) is 0 Å². The van der Waals surface area contributed by atoms with Gasteiger partial charge in [0.1, 0.15) is 4.60 Å². The number of ether oxygens (including phenoxy) is 2. The summed E-state index contributed by atoms with van der Waals surface area (Å²) in [6, 6.07) is 7.96. The number of rotatable bonds is 3. The summed E-state index contributed by atoms with van der Waals surface area (Å²) in [5, 5.41) is 3.34. The molecule has 0 spiro atoms. The summed E-state index contributed by atoms with van der Waals surface area (Å²) in [7, 11) is 0. The SMILES string of the molecule is Brc1ccc(NCc2cc(Br)c3c(c2)OCCCO3)cn1. The molecule has 2 heterocycles. The van der Waals surface area contributed by atoms with E-state index in [0.29, 0.717) is 19.8 Å². The molecule has 1 aliphatic rings. The molecule has 0 radical (unpaired) electrons. The van der Waals surface area contributed by atoms with Crippen molar-refractivity contribution in [3.63, 3.8) is 0 Å². The van der Waals surface area contributed by atoms with Gasteiger partial charge in [-0.1, -0.05) is 0 Å². The van der Waals surface area contributed by atoms with Crippen molar-refractivity contribution < 1.29 is 9.47 Å². The Balaban J connectivity index is 1.75. The molecule has 6 heteroatoms. The third kappa shape index (κ3) is 3.68. The van der Waals surface area contributed by atoms with Gasteiger partial charge < -0.3 is 14.8 Å². The van der Waals surface area contributed by atoms with Crippen LogP contribution in [0.25, 0.3) is 0 Å². The molecule has 0 unspecified atom stereocenters. The van der Waals surface area contributed by atoms with Crippen LogP contribution in [0.5, 0.6) is 11.5 Å². The number of nitrogens with zero attached hydrogens (tertiary/aromatic N) is 1. The van der Waals surface area contributed by atoms with Gasteiger partial charge in [-0.15, -0.1) is 0 Å². The van der Waals surface area contributed by atoms with E-state index in [1.807, 2.05) is 24.3 Å². The number of fused-ring (bicyclic) bond motifs is 1. The van der Waals surface area contributed by atoms with E-state index >= 15 is 0 Å². The number of hydrogen-bond donors (Lipinski definition) is 1. The van der Waals surface area contributed by atoms with E-state index in [1.54, 1.807) is 6.20 Å². The van der Waals surface area contributed by atoms with Crippen molar-refractivity contribution in [3.8, 4) is 11.5 Å². The number of pyridine rings is 1. The lowest BCUT2D eigenvalue weighted by Gasteiger charge is -2.12. The Morgan fingerprint density at radius 2 is 2.00 bits per heavy atom. The molecule has 110 valence electrons. The maximum atomic E-state index is 5.74. The smallest absolute Gasteiger partial charge is 0.175 e. The van der Waals surface area contributed by atoms with Crippen LogP contribution in [-0.4, -0.2) is 18.2 Å². The molecule has 1 aromatic heterocycles. The molecule has 1 aromatic carbocycles. The number of aromatic nitrogens is 1. The normalized spacial score (nSPS) is 13.6. The van der Waals surface area contributed by atoms with Gasteiger partial charge in [-0.2, -0.15) is 0 Å². The van der Waals surface area contributed by atoms with Crippen molar-refractivity contribution in [2.75, 3.05) is 18.5 Å². The summed E-state index contributed by atoms with van der Waals surface area (Å²) in [4.78, 5) is 4.19. The van der Waals surface area contributed by atoms with Gasteiger partial charge in [-0.3, -0.25) is 0 Å². The fraction of sp³-hybridized carbons (Fsp3) is 0.267. The summed E-state index contributed by atoms with van der Waals surface area (Å²) in [6.45, 7) is 2.07. The number of hydrogen-bond acceptors (Lipinski definition) is 4. The highest BCUT2D eigenvalue weighted by Crippen LogP contribution is 2.38. The van der Waals surface area contributed by atoms with Gasteiger partial charge in [0.05, 0.1) is 29.6 Å². The number of nitrogens with one attached hydrogen (secondary N) is 1. The third-order valence-electron chi connectivity index (χ3n) is 3.09. The summed E-state index contributed by atoms with van der Waals surface area (Å²) >= 11 is 6.88. The number of anilines is 1. The largest absolute Gasteiger partial charge is 0.490 e. The highest BCUT2D eigenvalue weighted by molar-refractivity contribution is 9.10. The predicted octanol–water partition coefficient (Wildman–Crippen LogP) is 4.38. The van der Waals surface area contributed by atoms with E-state index in [4.69, 9.17) is 9.47 Å². The second-order valence-corrected chi connectivity index (χ2v) is 6.35. The fourth-order valence-corrected chi connectivity index (χ4v) is 2.91. The molecule has 0 saturated carbocycles. The number of benzene rings is 1. The Morgan fingerprint density at radius 1 is 1.14 bits per heavy atom. The van der Waals surface area contributed by atoms with Crippen molar-refractivity contribution in [2.24, 2.45) is 0 Å². The van der Waals surface area contributed by atoms with E-state index < -0.39 is 0 Å². The maximum absolute atomic E-state index is 5.74. The van der Waals surface area contributed by atoms with Crippen molar-refractivity contribution in [1.82, 2.24) is 4.98 Å². The first-order valence-corrected chi connectivity index (χ1v) is 8.24. The van der Waals surface area contributed by atoms with Crippen molar-refractivity contribution in [1.29, 1.82) is 0 Å². The molecule has 4 nitrogen and oxygen atoms in total. The highest BCUT2D eigenvalue weighted by atomic mass is 79.9. The van der Waals surface area contributed by atoms with E-state index in [9.17, 15) is 0 Å². The first-order chi connectivity index (χ1) is 10.2. The van der Waals surface area contributed by atoms with Crippen LogP contribution in [0.3, 0.4) is 0 Å². The Labute approximate surface area is 140 Å². The first kappa shape index (κ1) is 14.7. The molecule has 0 saturated heterocycles. The van der Waals surface area contributed by atoms with Crippen molar-refractivity contribution >= 4 is 37.5 Å². The maximum Gasteiger partial charge on any atom is 0.175 e. The molecule has 2 aromatic rings. The van der Waals surface area contributed by atoms with Gasteiger partial charge in [-0.25, -0.2) is 4.98 Å². The second-order valence-electron chi connectivity index (χ2n) is 4.68. The van der Waals surface area contributed by atoms with Gasteiger partial charge >= 0.3 is 0 Å². The van der Waals surface area contributed by atoms with Crippen LogP contribution in [0.2, 0.25) is 0 Å². The molecule has 0 atom stereocenters. The number of halogens is 2. The lowest BCUT2D eigenvalue weighted by atomic mass is 10.2. The highest BCUT2D eigenvalue weighted by Gasteiger charge is 2.15. The van der Waals surface area contributed by atoms with E-state index in [2.05, 4.69) is 42.2 Å². The van der Waals surface area contributed by atoms with Crippen LogP contribution in [0.15, 0.2) is 39.5 Å². The molecular weight excluding hydrogens is 400 g/mol. The molecule has 0 amide bonds. The molecule has 1 aliphatic heterocycles. The lowest BCUT2D eigenvalue weighted by molar-refractivity contribution is 0.296. The third-order valence-corrected chi connectivity index (χ3v) is 4.14. The molecule has 0 bridgehead atoms. The standard InChI is InChI=1S/C15H14Br2N2O2/c16-12-6-10(7-13-15(12)21-5-1-4-20-13)8-18-11-2-3-14(17)19-9-11/h2-3,6-7,9,18H,1,4-5,8H2. The van der Waals surface area contributed by atoms with Crippen LogP contribution in [0, 0.1) is 0 Å². The van der Waals surface area contributed by atoms with Gasteiger partial charge in [0.2, 0.25) is 0 Å². The van der Waals surface area contributed by atoms with Gasteiger partial charge in [0, 0.05) is 13.0 Å². The molecule has 21 heavy (non-hydrogen) atoms. The Kier molecular flexibility index (Phi) is 4.65. The minimum absolute atomic E-state index is 0.687. The molecule has 0 fully saturated rings. The van der Waals surface area contributed by atoms with Gasteiger partial charge in [-0.05, 0) is 61.7 Å². The van der Waals surface area contributed by atoms with Gasteiger partial charge in [0.15, 0.2) is 11.5 Å². The second kappa shape index (κ2) is 6.66. The van der Waals surface area contributed by atoms with Crippen LogP contribution in [-0.2, 0) is 6.54 Å². The van der Waals surface area contributed by atoms with Crippen LogP contribution >= 0.6 is 31.9 Å².